The van der Waals surface area contributed by atoms with E-state index in [4.69, 9.17) is 0 Å². The average molecular weight is 247 g/mol. The molecule has 0 aliphatic heterocycles. The molecule has 0 bridgehead atoms. The number of amides is 1. The molecule has 2 rings (SSSR count). The van der Waals surface area contributed by atoms with Crippen LogP contribution in [0.5, 0.6) is 5.75 Å². The average Bonchev–Trinajstić information content (AvgIpc) is 2.35. The molecular formula is C15H21NO2. The van der Waals surface area contributed by atoms with Crippen LogP contribution in [0.4, 0.5) is 0 Å². The Morgan fingerprint density at radius 2 is 1.94 bits per heavy atom. The van der Waals surface area contributed by atoms with Gasteiger partial charge in [-0.2, -0.15) is 0 Å². The molecule has 0 aromatic heterocycles. The lowest BCUT2D eigenvalue weighted by Crippen LogP contribution is -2.37. The first-order valence-corrected chi connectivity index (χ1v) is 6.66. The molecule has 3 nitrogen and oxygen atoms in total. The monoisotopic (exact) mass is 247 g/mol. The zero-order valence-corrected chi connectivity index (χ0v) is 11.1. The predicted octanol–water partition coefficient (Wildman–Crippen LogP) is 3.01. The van der Waals surface area contributed by atoms with Crippen LogP contribution >= 0.6 is 0 Å². The van der Waals surface area contributed by atoms with E-state index >= 15 is 0 Å². The number of carbonyl (C=O) groups excluding carboxylic acids is 1. The van der Waals surface area contributed by atoms with Crippen LogP contribution in [-0.2, 0) is 0 Å². The number of benzene rings is 1. The van der Waals surface area contributed by atoms with Gasteiger partial charge in [0, 0.05) is 6.04 Å². The topological polar surface area (TPSA) is 49.3 Å². The van der Waals surface area contributed by atoms with Crippen molar-refractivity contribution in [1.29, 1.82) is 0 Å². The third-order valence-corrected chi connectivity index (χ3v) is 3.75. The second kappa shape index (κ2) is 5.42. The Balaban J connectivity index is 2.01. The molecule has 0 atom stereocenters. The summed E-state index contributed by atoms with van der Waals surface area (Å²) in [6.07, 6.45) is 4.43. The van der Waals surface area contributed by atoms with Gasteiger partial charge in [-0.1, -0.05) is 18.6 Å². The summed E-state index contributed by atoms with van der Waals surface area (Å²) in [5, 5.41) is 12.7. The highest BCUT2D eigenvalue weighted by atomic mass is 16.3. The maximum Gasteiger partial charge on any atom is 0.255 e. The van der Waals surface area contributed by atoms with Crippen LogP contribution < -0.4 is 5.32 Å². The van der Waals surface area contributed by atoms with E-state index in [1.165, 1.54) is 12.8 Å². The molecule has 0 radical (unpaired) electrons. The third-order valence-electron chi connectivity index (χ3n) is 3.75. The molecular weight excluding hydrogens is 226 g/mol. The smallest absolute Gasteiger partial charge is 0.255 e. The van der Waals surface area contributed by atoms with Gasteiger partial charge in [0.05, 0.1) is 5.56 Å². The second-order valence-electron chi connectivity index (χ2n) is 5.45. The van der Waals surface area contributed by atoms with Crippen molar-refractivity contribution >= 4 is 5.91 Å². The predicted molar refractivity (Wildman–Crippen MR) is 71.7 cm³/mol. The van der Waals surface area contributed by atoms with Crippen LogP contribution in [0.1, 0.15) is 48.5 Å². The number of rotatable bonds is 2. The number of hydrogen-bond donors (Lipinski definition) is 2. The number of phenolic OH excluding ortho intramolecular Hbond substituents is 1. The fourth-order valence-electron chi connectivity index (χ4n) is 2.50. The standard InChI is InChI=1S/C15H21NO2/c1-10-3-6-12(7-4-10)16-15(18)13-9-11(2)5-8-14(13)17/h5,8-10,12,17H,3-4,6-7H2,1-2H3,(H,16,18). The van der Waals surface area contributed by atoms with Crippen LogP contribution in [0.2, 0.25) is 0 Å². The number of aromatic hydroxyl groups is 1. The van der Waals surface area contributed by atoms with Gasteiger partial charge in [0.25, 0.3) is 5.91 Å². The first-order chi connectivity index (χ1) is 8.56. The maximum atomic E-state index is 12.1. The van der Waals surface area contributed by atoms with E-state index in [2.05, 4.69) is 12.2 Å². The van der Waals surface area contributed by atoms with Gasteiger partial charge < -0.3 is 10.4 Å². The Kier molecular flexibility index (Phi) is 3.90. The highest BCUT2D eigenvalue weighted by Gasteiger charge is 2.21. The number of nitrogens with one attached hydrogen (secondary N) is 1. The Hall–Kier alpha value is -1.51. The first kappa shape index (κ1) is 12.9. The Morgan fingerprint density at radius 1 is 1.28 bits per heavy atom. The van der Waals surface area contributed by atoms with E-state index in [9.17, 15) is 9.90 Å². The molecule has 1 saturated carbocycles. The summed E-state index contributed by atoms with van der Waals surface area (Å²) in [5.74, 6) is 0.670. The molecule has 0 spiro atoms. The van der Waals surface area contributed by atoms with Crippen molar-refractivity contribution in [1.82, 2.24) is 5.32 Å². The third kappa shape index (κ3) is 3.03. The minimum Gasteiger partial charge on any atom is -0.507 e. The Morgan fingerprint density at radius 3 is 2.61 bits per heavy atom. The molecule has 1 amide bonds. The molecule has 1 aromatic rings. The Bertz CT molecular complexity index is 434. The highest BCUT2D eigenvalue weighted by Crippen LogP contribution is 2.24. The molecule has 3 heteroatoms. The van der Waals surface area contributed by atoms with Gasteiger partial charge in [-0.25, -0.2) is 0 Å². The van der Waals surface area contributed by atoms with Crippen molar-refractivity contribution in [2.45, 2.75) is 45.6 Å². The summed E-state index contributed by atoms with van der Waals surface area (Å²) in [4.78, 5) is 12.1. The van der Waals surface area contributed by atoms with Gasteiger partial charge in [-0.05, 0) is 50.7 Å². The van der Waals surface area contributed by atoms with Crippen molar-refractivity contribution in [3.05, 3.63) is 29.3 Å². The maximum absolute atomic E-state index is 12.1. The van der Waals surface area contributed by atoms with Crippen molar-refractivity contribution in [2.75, 3.05) is 0 Å². The van der Waals surface area contributed by atoms with Gasteiger partial charge in [0.15, 0.2) is 0 Å². The quantitative estimate of drug-likeness (QED) is 0.844. The number of aryl methyl sites for hydroxylation is 1. The lowest BCUT2D eigenvalue weighted by Gasteiger charge is -2.27. The molecule has 0 unspecified atom stereocenters. The molecule has 0 heterocycles. The number of hydrogen-bond acceptors (Lipinski definition) is 2. The van der Waals surface area contributed by atoms with Crippen LogP contribution in [-0.4, -0.2) is 17.1 Å². The van der Waals surface area contributed by atoms with Crippen molar-refractivity contribution in [3.63, 3.8) is 0 Å². The van der Waals surface area contributed by atoms with Gasteiger partial charge >= 0.3 is 0 Å². The van der Waals surface area contributed by atoms with E-state index < -0.39 is 0 Å². The van der Waals surface area contributed by atoms with Crippen molar-refractivity contribution < 1.29 is 9.90 Å². The summed E-state index contributed by atoms with van der Waals surface area (Å²) in [7, 11) is 0. The van der Waals surface area contributed by atoms with Gasteiger partial charge in [-0.15, -0.1) is 0 Å². The molecule has 0 saturated heterocycles. The molecule has 98 valence electrons. The van der Waals surface area contributed by atoms with Crippen LogP contribution in [0, 0.1) is 12.8 Å². The Labute approximate surface area is 108 Å². The lowest BCUT2D eigenvalue weighted by atomic mass is 9.87. The normalized spacial score (nSPS) is 23.7. The van der Waals surface area contributed by atoms with Crippen LogP contribution in [0.15, 0.2) is 18.2 Å². The van der Waals surface area contributed by atoms with Gasteiger partial charge in [0.2, 0.25) is 0 Å². The SMILES string of the molecule is Cc1ccc(O)c(C(=O)NC2CCC(C)CC2)c1. The zero-order valence-electron chi connectivity index (χ0n) is 11.1. The molecule has 1 aliphatic rings. The summed E-state index contributed by atoms with van der Waals surface area (Å²) in [5.41, 5.74) is 1.36. The summed E-state index contributed by atoms with van der Waals surface area (Å²) >= 11 is 0. The summed E-state index contributed by atoms with van der Waals surface area (Å²) in [6.45, 7) is 4.17. The van der Waals surface area contributed by atoms with Crippen LogP contribution in [0.3, 0.4) is 0 Å². The van der Waals surface area contributed by atoms with Crippen molar-refractivity contribution in [2.24, 2.45) is 5.92 Å². The number of carbonyl (C=O) groups is 1. The van der Waals surface area contributed by atoms with E-state index in [1.54, 1.807) is 18.2 Å². The van der Waals surface area contributed by atoms with E-state index in [0.717, 1.165) is 24.3 Å². The fraction of sp³-hybridized carbons (Fsp3) is 0.533. The number of phenols is 1. The molecule has 1 fully saturated rings. The lowest BCUT2D eigenvalue weighted by molar-refractivity contribution is 0.0920. The highest BCUT2D eigenvalue weighted by molar-refractivity contribution is 5.97. The van der Waals surface area contributed by atoms with Gasteiger partial charge in [0.1, 0.15) is 5.75 Å². The fourth-order valence-corrected chi connectivity index (χ4v) is 2.50. The molecule has 1 aliphatic carbocycles. The summed E-state index contributed by atoms with van der Waals surface area (Å²) < 4.78 is 0. The molecule has 18 heavy (non-hydrogen) atoms. The van der Waals surface area contributed by atoms with E-state index in [0.29, 0.717) is 5.56 Å². The minimum atomic E-state index is -0.157. The van der Waals surface area contributed by atoms with Crippen molar-refractivity contribution in [3.8, 4) is 5.75 Å². The van der Waals surface area contributed by atoms with Crippen LogP contribution in [0.25, 0.3) is 0 Å². The second-order valence-corrected chi connectivity index (χ2v) is 5.45. The van der Waals surface area contributed by atoms with E-state index in [-0.39, 0.29) is 17.7 Å². The van der Waals surface area contributed by atoms with E-state index in [1.807, 2.05) is 6.92 Å². The molecule has 2 N–H and O–H groups in total. The minimum absolute atomic E-state index is 0.0577. The summed E-state index contributed by atoms with van der Waals surface area (Å²) in [6, 6.07) is 5.37. The van der Waals surface area contributed by atoms with Gasteiger partial charge in [-0.3, -0.25) is 4.79 Å². The zero-order chi connectivity index (χ0) is 13.1. The molecule has 1 aromatic carbocycles. The largest absolute Gasteiger partial charge is 0.507 e. The first-order valence-electron chi connectivity index (χ1n) is 6.66.